The molecular formula is C59H118NO8P. The van der Waals surface area contributed by atoms with Crippen LogP contribution in [0, 0.1) is 0 Å². The topological polar surface area (TPSA) is 111 Å². The van der Waals surface area contributed by atoms with Gasteiger partial charge in [0.2, 0.25) is 0 Å². The fraction of sp³-hybridized carbons (Fsp3) is 0.966. The van der Waals surface area contributed by atoms with E-state index in [0.29, 0.717) is 17.4 Å². The van der Waals surface area contributed by atoms with Gasteiger partial charge in [-0.15, -0.1) is 0 Å². The summed E-state index contributed by atoms with van der Waals surface area (Å²) in [6.45, 7) is 4.32. The van der Waals surface area contributed by atoms with Crippen LogP contribution in [0.4, 0.5) is 0 Å². The molecule has 0 saturated carbocycles. The number of unbranched alkanes of at least 4 members (excludes halogenated alkanes) is 43. The van der Waals surface area contributed by atoms with Crippen molar-refractivity contribution in [1.29, 1.82) is 0 Å². The number of carbonyl (C=O) groups is 2. The molecule has 0 rings (SSSR count). The van der Waals surface area contributed by atoms with Crippen LogP contribution in [0.2, 0.25) is 0 Å². The van der Waals surface area contributed by atoms with E-state index in [-0.39, 0.29) is 32.0 Å². The average Bonchev–Trinajstić information content (AvgIpc) is 3.31. The molecule has 2 atom stereocenters. The molecule has 2 unspecified atom stereocenters. The fourth-order valence-electron chi connectivity index (χ4n) is 9.19. The third-order valence-corrected chi connectivity index (χ3v) is 14.8. The molecule has 0 aliphatic carbocycles. The number of hydrogen-bond acceptors (Lipinski definition) is 8. The molecule has 0 amide bonds. The normalized spacial score (nSPS) is 13.2. The van der Waals surface area contributed by atoms with Crippen LogP contribution in [0.15, 0.2) is 0 Å². The van der Waals surface area contributed by atoms with Gasteiger partial charge in [0.1, 0.15) is 19.8 Å². The summed E-state index contributed by atoms with van der Waals surface area (Å²) >= 11 is 0. The van der Waals surface area contributed by atoms with Gasteiger partial charge in [0, 0.05) is 12.8 Å². The number of phosphoric acid groups is 1. The number of quaternary nitrogens is 1. The Morgan fingerprint density at radius 1 is 0.391 bits per heavy atom. The van der Waals surface area contributed by atoms with Gasteiger partial charge >= 0.3 is 11.9 Å². The van der Waals surface area contributed by atoms with Gasteiger partial charge in [0.15, 0.2) is 6.10 Å². The van der Waals surface area contributed by atoms with Crippen molar-refractivity contribution in [2.24, 2.45) is 0 Å². The number of nitrogens with zero attached hydrogens (tertiary/aromatic N) is 1. The number of hydrogen-bond donors (Lipinski definition) is 0. The zero-order valence-electron chi connectivity index (χ0n) is 46.8. The second kappa shape index (κ2) is 51.9. The lowest BCUT2D eigenvalue weighted by molar-refractivity contribution is -0.870. The van der Waals surface area contributed by atoms with Crippen LogP contribution in [0.1, 0.15) is 316 Å². The first kappa shape index (κ1) is 68.0. The van der Waals surface area contributed by atoms with Crippen LogP contribution in [-0.4, -0.2) is 70.0 Å². The maximum absolute atomic E-state index is 12.8. The highest BCUT2D eigenvalue weighted by Gasteiger charge is 2.22. The van der Waals surface area contributed by atoms with E-state index in [9.17, 15) is 19.0 Å². The van der Waals surface area contributed by atoms with Crippen molar-refractivity contribution in [3.8, 4) is 0 Å². The lowest BCUT2D eigenvalue weighted by atomic mass is 10.0. The molecule has 0 heterocycles. The zero-order chi connectivity index (χ0) is 50.6. The Kier molecular flexibility index (Phi) is 51.1. The number of carbonyl (C=O) groups excluding carboxylic acids is 2. The third kappa shape index (κ3) is 56.2. The van der Waals surface area contributed by atoms with Crippen LogP contribution < -0.4 is 4.89 Å². The van der Waals surface area contributed by atoms with Gasteiger partial charge in [0.25, 0.3) is 7.82 Å². The van der Waals surface area contributed by atoms with Gasteiger partial charge in [-0.25, -0.2) is 0 Å². The Labute approximate surface area is 429 Å². The summed E-state index contributed by atoms with van der Waals surface area (Å²) in [6.07, 6.45) is 58.7. The number of esters is 2. The molecule has 412 valence electrons. The molecule has 0 radical (unpaired) electrons. The molecule has 0 fully saturated rings. The van der Waals surface area contributed by atoms with E-state index in [2.05, 4.69) is 13.8 Å². The van der Waals surface area contributed by atoms with E-state index < -0.39 is 26.5 Å². The van der Waals surface area contributed by atoms with E-state index in [1.165, 1.54) is 250 Å². The van der Waals surface area contributed by atoms with Gasteiger partial charge in [-0.2, -0.15) is 0 Å². The maximum Gasteiger partial charge on any atom is 0.306 e. The summed E-state index contributed by atoms with van der Waals surface area (Å²) in [4.78, 5) is 37.9. The van der Waals surface area contributed by atoms with Crippen LogP contribution in [0.25, 0.3) is 0 Å². The summed E-state index contributed by atoms with van der Waals surface area (Å²) in [5, 5.41) is 0. The lowest BCUT2D eigenvalue weighted by Crippen LogP contribution is -2.37. The Morgan fingerprint density at radius 2 is 0.652 bits per heavy atom. The first-order valence-corrected chi connectivity index (χ1v) is 31.7. The Morgan fingerprint density at radius 3 is 0.928 bits per heavy atom. The van der Waals surface area contributed by atoms with Gasteiger partial charge in [0.05, 0.1) is 27.7 Å². The van der Waals surface area contributed by atoms with Crippen molar-refractivity contribution in [3.63, 3.8) is 0 Å². The minimum Gasteiger partial charge on any atom is -0.756 e. The van der Waals surface area contributed by atoms with Gasteiger partial charge < -0.3 is 27.9 Å². The average molecular weight is 1000 g/mol. The highest BCUT2D eigenvalue weighted by Crippen LogP contribution is 2.38. The predicted octanol–water partition coefficient (Wildman–Crippen LogP) is 18.0. The molecule has 0 aromatic rings. The second-order valence-electron chi connectivity index (χ2n) is 22.1. The molecule has 0 aromatic carbocycles. The van der Waals surface area contributed by atoms with E-state index in [4.69, 9.17) is 18.5 Å². The first-order valence-electron chi connectivity index (χ1n) is 30.2. The second-order valence-corrected chi connectivity index (χ2v) is 23.5. The van der Waals surface area contributed by atoms with E-state index in [0.717, 1.165) is 32.1 Å². The first-order chi connectivity index (χ1) is 33.5. The number of likely N-dealkylation sites (N-methyl/N-ethyl adjacent to an activating group) is 1. The summed E-state index contributed by atoms with van der Waals surface area (Å²) in [5.74, 6) is -0.808. The van der Waals surface area contributed by atoms with E-state index in [1.807, 2.05) is 21.1 Å². The van der Waals surface area contributed by atoms with Crippen molar-refractivity contribution >= 4 is 19.8 Å². The molecule has 0 spiro atoms. The highest BCUT2D eigenvalue weighted by molar-refractivity contribution is 7.45. The van der Waals surface area contributed by atoms with E-state index >= 15 is 0 Å². The monoisotopic (exact) mass is 1000 g/mol. The van der Waals surface area contributed by atoms with Crippen molar-refractivity contribution in [2.75, 3.05) is 47.5 Å². The Hall–Kier alpha value is -0.990. The van der Waals surface area contributed by atoms with Crippen molar-refractivity contribution in [2.45, 2.75) is 322 Å². The quantitative estimate of drug-likeness (QED) is 0.0256. The van der Waals surface area contributed by atoms with Crippen LogP contribution in [0.3, 0.4) is 0 Å². The van der Waals surface area contributed by atoms with Gasteiger partial charge in [-0.1, -0.05) is 290 Å². The minimum absolute atomic E-state index is 0.0250. The summed E-state index contributed by atoms with van der Waals surface area (Å²) < 4.78 is 34.2. The lowest BCUT2D eigenvalue weighted by Gasteiger charge is -2.28. The molecule has 0 aliphatic heterocycles. The maximum atomic E-state index is 12.8. The van der Waals surface area contributed by atoms with Gasteiger partial charge in [-0.3, -0.25) is 14.2 Å². The van der Waals surface area contributed by atoms with Crippen molar-refractivity contribution in [3.05, 3.63) is 0 Å². The molecule has 69 heavy (non-hydrogen) atoms. The van der Waals surface area contributed by atoms with Gasteiger partial charge in [-0.05, 0) is 12.8 Å². The molecule has 9 nitrogen and oxygen atoms in total. The number of ether oxygens (including phenoxy) is 2. The summed E-state index contributed by atoms with van der Waals surface area (Å²) in [6, 6.07) is 0. The molecular weight excluding hydrogens is 882 g/mol. The standard InChI is InChI=1S/C59H118NO8P/c1-6-8-10-12-14-16-18-20-22-24-26-27-28-29-30-31-32-34-36-38-40-42-44-46-48-50-52-59(62)68-57(56-67-69(63,64)66-54-53-60(3,4)5)55-65-58(61)51-49-47-45-43-41-39-37-35-33-25-23-21-19-17-15-13-11-9-7-2/h57H,6-56H2,1-5H3. The summed E-state index contributed by atoms with van der Waals surface area (Å²) in [5.41, 5.74) is 0. The third-order valence-electron chi connectivity index (χ3n) is 13.9. The largest absolute Gasteiger partial charge is 0.756 e. The predicted molar refractivity (Wildman–Crippen MR) is 292 cm³/mol. The van der Waals surface area contributed by atoms with Crippen LogP contribution in [0.5, 0.6) is 0 Å². The molecule has 0 saturated heterocycles. The van der Waals surface area contributed by atoms with E-state index in [1.54, 1.807) is 0 Å². The number of phosphoric ester groups is 1. The smallest absolute Gasteiger partial charge is 0.306 e. The Bertz CT molecular complexity index is 1130. The van der Waals surface area contributed by atoms with Crippen molar-refractivity contribution < 1.29 is 42.1 Å². The number of rotatable bonds is 57. The molecule has 0 N–H and O–H groups in total. The van der Waals surface area contributed by atoms with Crippen LogP contribution >= 0.6 is 7.82 Å². The minimum atomic E-state index is -4.63. The van der Waals surface area contributed by atoms with Crippen molar-refractivity contribution in [1.82, 2.24) is 0 Å². The molecule has 10 heteroatoms. The molecule has 0 bridgehead atoms. The van der Waals surface area contributed by atoms with Crippen LogP contribution in [-0.2, 0) is 32.7 Å². The Balaban J connectivity index is 4.06. The SMILES string of the molecule is CCCCCCCCCCCCCCCCCCCCCCCCCCCCC(=O)OC(COC(=O)CCCCCCCCCCCCCCCCCCCCC)COP(=O)([O-])OCC[N+](C)(C)C. The summed E-state index contributed by atoms with van der Waals surface area (Å²) in [7, 11) is 1.19. The zero-order valence-corrected chi connectivity index (χ0v) is 47.7. The molecule has 0 aliphatic rings. The highest BCUT2D eigenvalue weighted by atomic mass is 31.2. The molecule has 0 aromatic heterocycles. The fourth-order valence-corrected chi connectivity index (χ4v) is 9.92.